The van der Waals surface area contributed by atoms with Gasteiger partial charge in [-0.2, -0.15) is 5.10 Å². The van der Waals surface area contributed by atoms with Gasteiger partial charge in [-0.05, 0) is 34.0 Å². The minimum atomic E-state index is 0.545. The third-order valence-electron chi connectivity index (χ3n) is 3.68. The highest BCUT2D eigenvalue weighted by atomic mass is 15.1. The molecule has 0 radical (unpaired) electrons. The van der Waals surface area contributed by atoms with Crippen LogP contribution >= 0.6 is 0 Å². The molecule has 0 amide bonds. The fourth-order valence-corrected chi connectivity index (χ4v) is 2.70. The van der Waals surface area contributed by atoms with Crippen LogP contribution in [0.4, 0.5) is 5.82 Å². The molecule has 20 heavy (non-hydrogen) atoms. The van der Waals surface area contributed by atoms with Crippen molar-refractivity contribution in [1.82, 2.24) is 10.2 Å². The number of anilines is 1. The average Bonchev–Trinajstić information content (AvgIpc) is 2.88. The number of H-pyrrole nitrogens is 1. The van der Waals surface area contributed by atoms with Crippen LogP contribution in [0.15, 0.2) is 60.7 Å². The molecule has 1 heterocycles. The predicted octanol–water partition coefficient (Wildman–Crippen LogP) is 3.97. The van der Waals surface area contributed by atoms with Gasteiger partial charge >= 0.3 is 0 Å². The molecule has 0 aliphatic carbocycles. The van der Waals surface area contributed by atoms with Crippen LogP contribution in [0.5, 0.6) is 0 Å². The van der Waals surface area contributed by atoms with Gasteiger partial charge in [0.2, 0.25) is 0 Å². The highest BCUT2D eigenvalue weighted by Gasteiger charge is 2.09. The van der Waals surface area contributed by atoms with Crippen LogP contribution in [-0.4, -0.2) is 10.2 Å². The molecule has 0 atom stereocenters. The number of hydrogen-bond donors (Lipinski definition) is 2. The Morgan fingerprint density at radius 3 is 2.60 bits per heavy atom. The van der Waals surface area contributed by atoms with Crippen molar-refractivity contribution in [3.05, 3.63) is 60.7 Å². The van der Waals surface area contributed by atoms with Gasteiger partial charge in [-0.25, -0.2) is 0 Å². The van der Waals surface area contributed by atoms with Gasteiger partial charge in [0.1, 0.15) is 0 Å². The summed E-state index contributed by atoms with van der Waals surface area (Å²) in [6.45, 7) is 0. The monoisotopic (exact) mass is 259 g/mol. The summed E-state index contributed by atoms with van der Waals surface area (Å²) in [6, 6.07) is 20.9. The third-order valence-corrected chi connectivity index (χ3v) is 3.68. The van der Waals surface area contributed by atoms with Gasteiger partial charge in [-0.15, -0.1) is 0 Å². The van der Waals surface area contributed by atoms with Crippen molar-refractivity contribution in [3.8, 4) is 11.1 Å². The second-order valence-corrected chi connectivity index (χ2v) is 4.90. The molecule has 96 valence electrons. The number of aromatic amines is 1. The zero-order chi connectivity index (χ0) is 13.5. The molecule has 0 unspecified atom stereocenters. The first-order chi connectivity index (χ1) is 9.83. The van der Waals surface area contributed by atoms with Gasteiger partial charge in [-0.3, -0.25) is 5.10 Å². The Hall–Kier alpha value is -2.81. The van der Waals surface area contributed by atoms with Gasteiger partial charge in [0.15, 0.2) is 5.82 Å². The minimum absolute atomic E-state index is 0.545. The average molecular weight is 259 g/mol. The van der Waals surface area contributed by atoms with Crippen LogP contribution in [0.3, 0.4) is 0 Å². The number of nitrogens with one attached hydrogen (secondary N) is 1. The molecular formula is C17H13N3. The fourth-order valence-electron chi connectivity index (χ4n) is 2.70. The standard InChI is InChI=1S/C17H13N3/c18-17-16-14(6-3-7-15(16)19-20-17)13-9-8-11-4-1-2-5-12(11)10-13/h1-10H,(H3,18,19,20). The lowest BCUT2D eigenvalue weighted by Gasteiger charge is -2.06. The number of nitrogens with two attached hydrogens (primary N) is 1. The molecule has 1 aromatic heterocycles. The van der Waals surface area contributed by atoms with Crippen molar-refractivity contribution in [2.45, 2.75) is 0 Å². The van der Waals surface area contributed by atoms with Crippen molar-refractivity contribution in [2.75, 3.05) is 5.73 Å². The topological polar surface area (TPSA) is 54.7 Å². The van der Waals surface area contributed by atoms with Crippen molar-refractivity contribution < 1.29 is 0 Å². The van der Waals surface area contributed by atoms with Crippen LogP contribution in [-0.2, 0) is 0 Å². The molecule has 0 saturated heterocycles. The summed E-state index contributed by atoms with van der Waals surface area (Å²) >= 11 is 0. The molecule has 4 rings (SSSR count). The smallest absolute Gasteiger partial charge is 0.153 e. The lowest BCUT2D eigenvalue weighted by molar-refractivity contribution is 1.13. The first-order valence-electron chi connectivity index (χ1n) is 6.55. The quantitative estimate of drug-likeness (QED) is 0.543. The Labute approximate surface area is 116 Å². The Morgan fingerprint density at radius 2 is 1.70 bits per heavy atom. The maximum absolute atomic E-state index is 5.98. The van der Waals surface area contributed by atoms with Crippen LogP contribution in [0.1, 0.15) is 0 Å². The molecule has 3 nitrogen and oxygen atoms in total. The number of aromatic nitrogens is 2. The summed E-state index contributed by atoms with van der Waals surface area (Å²) in [5.74, 6) is 0.545. The summed E-state index contributed by atoms with van der Waals surface area (Å²) in [7, 11) is 0. The molecule has 0 spiro atoms. The van der Waals surface area contributed by atoms with E-state index in [1.807, 2.05) is 12.1 Å². The number of fused-ring (bicyclic) bond motifs is 2. The van der Waals surface area contributed by atoms with E-state index < -0.39 is 0 Å². The van der Waals surface area contributed by atoms with E-state index in [1.165, 1.54) is 10.8 Å². The summed E-state index contributed by atoms with van der Waals surface area (Å²) < 4.78 is 0. The van der Waals surface area contributed by atoms with Gasteiger partial charge in [-0.1, -0.05) is 48.5 Å². The van der Waals surface area contributed by atoms with Crippen LogP contribution in [0.25, 0.3) is 32.8 Å². The zero-order valence-corrected chi connectivity index (χ0v) is 10.8. The van der Waals surface area contributed by atoms with E-state index in [1.54, 1.807) is 0 Å². The molecule has 3 N–H and O–H groups in total. The maximum atomic E-state index is 5.98. The molecular weight excluding hydrogens is 246 g/mol. The maximum Gasteiger partial charge on any atom is 0.153 e. The van der Waals surface area contributed by atoms with Crippen molar-refractivity contribution in [1.29, 1.82) is 0 Å². The predicted molar refractivity (Wildman–Crippen MR) is 83.4 cm³/mol. The van der Waals surface area contributed by atoms with E-state index in [-0.39, 0.29) is 0 Å². The second-order valence-electron chi connectivity index (χ2n) is 4.90. The van der Waals surface area contributed by atoms with Crippen LogP contribution in [0.2, 0.25) is 0 Å². The molecule has 3 heteroatoms. The Bertz CT molecular complexity index is 922. The fraction of sp³-hybridized carbons (Fsp3) is 0. The highest BCUT2D eigenvalue weighted by Crippen LogP contribution is 2.32. The molecule has 3 aromatic carbocycles. The zero-order valence-electron chi connectivity index (χ0n) is 10.8. The molecule has 4 aromatic rings. The Kier molecular flexibility index (Phi) is 2.27. The van der Waals surface area contributed by atoms with E-state index in [0.29, 0.717) is 5.82 Å². The van der Waals surface area contributed by atoms with Crippen molar-refractivity contribution >= 4 is 27.5 Å². The minimum Gasteiger partial charge on any atom is -0.382 e. The van der Waals surface area contributed by atoms with E-state index in [2.05, 4.69) is 58.7 Å². The Balaban J connectivity index is 2.03. The summed E-state index contributed by atoms with van der Waals surface area (Å²) in [5.41, 5.74) is 9.22. The van der Waals surface area contributed by atoms with E-state index in [0.717, 1.165) is 22.0 Å². The van der Waals surface area contributed by atoms with Gasteiger partial charge < -0.3 is 5.73 Å². The number of rotatable bonds is 1. The number of nitrogen functional groups attached to an aromatic ring is 1. The summed E-state index contributed by atoms with van der Waals surface area (Å²) in [4.78, 5) is 0. The van der Waals surface area contributed by atoms with Crippen molar-refractivity contribution in [2.24, 2.45) is 0 Å². The van der Waals surface area contributed by atoms with Gasteiger partial charge in [0, 0.05) is 0 Å². The number of hydrogen-bond acceptors (Lipinski definition) is 2. The normalized spacial score (nSPS) is 11.2. The third kappa shape index (κ3) is 1.57. The van der Waals surface area contributed by atoms with E-state index in [4.69, 9.17) is 5.73 Å². The van der Waals surface area contributed by atoms with Crippen LogP contribution in [0, 0.1) is 0 Å². The van der Waals surface area contributed by atoms with E-state index >= 15 is 0 Å². The molecule has 0 bridgehead atoms. The van der Waals surface area contributed by atoms with Gasteiger partial charge in [0.05, 0.1) is 10.9 Å². The summed E-state index contributed by atoms with van der Waals surface area (Å²) in [6.07, 6.45) is 0. The largest absolute Gasteiger partial charge is 0.382 e. The lowest BCUT2D eigenvalue weighted by Crippen LogP contribution is -1.87. The van der Waals surface area contributed by atoms with E-state index in [9.17, 15) is 0 Å². The molecule has 0 aliphatic rings. The molecule has 0 fully saturated rings. The Morgan fingerprint density at radius 1 is 0.850 bits per heavy atom. The summed E-state index contributed by atoms with van der Waals surface area (Å²) in [5, 5.41) is 10.5. The number of nitrogens with zero attached hydrogens (tertiary/aromatic N) is 1. The van der Waals surface area contributed by atoms with Crippen LogP contribution < -0.4 is 5.73 Å². The van der Waals surface area contributed by atoms with Gasteiger partial charge in [0.25, 0.3) is 0 Å². The first-order valence-corrected chi connectivity index (χ1v) is 6.55. The second kappa shape index (κ2) is 4.10. The van der Waals surface area contributed by atoms with Crippen molar-refractivity contribution in [3.63, 3.8) is 0 Å². The molecule has 0 aliphatic heterocycles. The first kappa shape index (κ1) is 11.1. The lowest BCUT2D eigenvalue weighted by atomic mass is 9.98. The highest BCUT2D eigenvalue weighted by molar-refractivity contribution is 6.02. The number of benzene rings is 3. The molecule has 0 saturated carbocycles. The SMILES string of the molecule is Nc1n[nH]c2cccc(-c3ccc4ccccc4c3)c12.